The van der Waals surface area contributed by atoms with Gasteiger partial charge in [-0.1, -0.05) is 12.1 Å². The standard InChI is InChI=1S/C16H18N2S3/c1-2-13-8-17-4-3-11(13)7-12(1)14-9-21-16(18-14)15-10-19-5-6-20-15/h1-2,7,9,15,17H,3-6,8,10H2. The zero-order valence-corrected chi connectivity index (χ0v) is 14.3. The third-order valence-electron chi connectivity index (χ3n) is 4.00. The number of hydrogen-bond donors (Lipinski definition) is 1. The molecule has 5 heteroatoms. The van der Waals surface area contributed by atoms with Crippen molar-refractivity contribution < 1.29 is 0 Å². The average molecular weight is 335 g/mol. The lowest BCUT2D eigenvalue weighted by atomic mass is 9.98. The van der Waals surface area contributed by atoms with Crippen LogP contribution in [0.4, 0.5) is 0 Å². The lowest BCUT2D eigenvalue weighted by molar-refractivity contribution is 0.644. The van der Waals surface area contributed by atoms with Crippen molar-refractivity contribution in [2.24, 2.45) is 0 Å². The van der Waals surface area contributed by atoms with Gasteiger partial charge in [0.1, 0.15) is 5.01 Å². The van der Waals surface area contributed by atoms with Crippen LogP contribution in [0, 0.1) is 0 Å². The van der Waals surface area contributed by atoms with Gasteiger partial charge in [-0.05, 0) is 30.2 Å². The molecule has 2 nitrogen and oxygen atoms in total. The summed E-state index contributed by atoms with van der Waals surface area (Å²) in [4.78, 5) is 4.92. The SMILES string of the molecule is c1cc2c(cc1-c1csc(C3CSCCS3)n1)CCNC2. The van der Waals surface area contributed by atoms with Crippen molar-refractivity contribution in [2.75, 3.05) is 23.8 Å². The van der Waals surface area contributed by atoms with Crippen LogP contribution in [0.1, 0.15) is 21.4 Å². The van der Waals surface area contributed by atoms with Crippen LogP contribution in [0.5, 0.6) is 0 Å². The Morgan fingerprint density at radius 2 is 2.19 bits per heavy atom. The first-order valence-corrected chi connectivity index (χ1v) is 10.5. The number of fused-ring (bicyclic) bond motifs is 1. The van der Waals surface area contributed by atoms with Crippen LogP contribution in [0.25, 0.3) is 11.3 Å². The van der Waals surface area contributed by atoms with E-state index in [0.717, 1.165) is 25.2 Å². The van der Waals surface area contributed by atoms with E-state index in [9.17, 15) is 0 Å². The molecule has 1 aromatic heterocycles. The first-order valence-electron chi connectivity index (χ1n) is 7.38. The van der Waals surface area contributed by atoms with E-state index in [1.807, 2.05) is 11.3 Å². The number of aromatic nitrogens is 1. The maximum atomic E-state index is 4.92. The van der Waals surface area contributed by atoms with E-state index in [2.05, 4.69) is 52.4 Å². The second-order valence-corrected chi connectivity index (χ2v) is 8.77. The minimum absolute atomic E-state index is 0.601. The third kappa shape index (κ3) is 3.02. The normalized spacial score (nSPS) is 22.0. The summed E-state index contributed by atoms with van der Waals surface area (Å²) in [6, 6.07) is 6.84. The van der Waals surface area contributed by atoms with Gasteiger partial charge in [0.25, 0.3) is 0 Å². The lowest BCUT2D eigenvalue weighted by Gasteiger charge is -2.18. The molecule has 2 aromatic rings. The monoisotopic (exact) mass is 334 g/mol. The zero-order valence-electron chi connectivity index (χ0n) is 11.8. The highest BCUT2D eigenvalue weighted by molar-refractivity contribution is 8.06. The summed E-state index contributed by atoms with van der Waals surface area (Å²) >= 11 is 5.96. The van der Waals surface area contributed by atoms with Crippen LogP contribution in [0.15, 0.2) is 23.6 Å². The van der Waals surface area contributed by atoms with Crippen molar-refractivity contribution >= 4 is 34.9 Å². The molecule has 3 heterocycles. The molecule has 1 unspecified atom stereocenters. The molecule has 1 atom stereocenters. The molecule has 2 aliphatic heterocycles. The number of nitrogens with zero attached hydrogens (tertiary/aromatic N) is 1. The van der Waals surface area contributed by atoms with E-state index >= 15 is 0 Å². The van der Waals surface area contributed by atoms with Gasteiger partial charge < -0.3 is 5.32 Å². The van der Waals surface area contributed by atoms with Crippen LogP contribution in [0.2, 0.25) is 0 Å². The number of nitrogens with one attached hydrogen (secondary N) is 1. The average Bonchev–Trinajstić information content (AvgIpc) is 3.05. The van der Waals surface area contributed by atoms with Gasteiger partial charge in [-0.2, -0.15) is 11.8 Å². The van der Waals surface area contributed by atoms with E-state index in [4.69, 9.17) is 4.98 Å². The molecule has 1 N–H and O–H groups in total. The number of benzene rings is 1. The Morgan fingerprint density at radius 3 is 3.10 bits per heavy atom. The van der Waals surface area contributed by atoms with Crippen molar-refractivity contribution in [1.29, 1.82) is 0 Å². The molecular weight excluding hydrogens is 316 g/mol. The van der Waals surface area contributed by atoms with Gasteiger partial charge in [-0.25, -0.2) is 4.98 Å². The third-order valence-corrected chi connectivity index (χ3v) is 7.87. The molecular formula is C16H18N2S3. The number of thiazole rings is 1. The van der Waals surface area contributed by atoms with E-state index in [1.54, 1.807) is 0 Å². The van der Waals surface area contributed by atoms with Gasteiger partial charge in [-0.15, -0.1) is 23.1 Å². The van der Waals surface area contributed by atoms with Gasteiger partial charge in [-0.3, -0.25) is 0 Å². The minimum Gasteiger partial charge on any atom is -0.312 e. The van der Waals surface area contributed by atoms with E-state index in [1.165, 1.54) is 39.0 Å². The summed E-state index contributed by atoms with van der Waals surface area (Å²) in [5.74, 6) is 3.77. The Kier molecular flexibility index (Phi) is 4.25. The van der Waals surface area contributed by atoms with Crippen molar-refractivity contribution in [3.63, 3.8) is 0 Å². The van der Waals surface area contributed by atoms with Crippen LogP contribution in [-0.2, 0) is 13.0 Å². The molecule has 0 bridgehead atoms. The molecule has 110 valence electrons. The molecule has 1 aromatic carbocycles. The van der Waals surface area contributed by atoms with Gasteiger partial charge in [0.15, 0.2) is 0 Å². The summed E-state index contributed by atoms with van der Waals surface area (Å²) < 4.78 is 0. The Morgan fingerprint density at radius 1 is 1.19 bits per heavy atom. The van der Waals surface area contributed by atoms with E-state index in [-0.39, 0.29) is 0 Å². The Hall–Kier alpha value is -0.490. The molecule has 0 saturated carbocycles. The van der Waals surface area contributed by atoms with Crippen molar-refractivity contribution in [1.82, 2.24) is 10.3 Å². The fourth-order valence-electron chi connectivity index (χ4n) is 2.83. The predicted octanol–water partition coefficient (Wildman–Crippen LogP) is 3.98. The first kappa shape index (κ1) is 14.1. The molecule has 1 saturated heterocycles. The van der Waals surface area contributed by atoms with Crippen molar-refractivity contribution in [3.05, 3.63) is 39.7 Å². The lowest BCUT2D eigenvalue weighted by Crippen LogP contribution is -2.23. The van der Waals surface area contributed by atoms with E-state index in [0.29, 0.717) is 5.25 Å². The van der Waals surface area contributed by atoms with Gasteiger partial charge in [0.2, 0.25) is 0 Å². The Balaban J connectivity index is 1.60. The second kappa shape index (κ2) is 6.32. The van der Waals surface area contributed by atoms with Crippen LogP contribution < -0.4 is 5.32 Å². The summed E-state index contributed by atoms with van der Waals surface area (Å²) in [5.41, 5.74) is 5.38. The zero-order chi connectivity index (χ0) is 14.1. The van der Waals surface area contributed by atoms with Crippen LogP contribution in [-0.4, -0.2) is 28.8 Å². The largest absolute Gasteiger partial charge is 0.312 e. The molecule has 0 amide bonds. The van der Waals surface area contributed by atoms with Gasteiger partial charge in [0, 0.05) is 34.7 Å². The van der Waals surface area contributed by atoms with Gasteiger partial charge >= 0.3 is 0 Å². The smallest absolute Gasteiger partial charge is 0.107 e. The molecule has 4 rings (SSSR count). The highest BCUT2D eigenvalue weighted by Gasteiger charge is 2.20. The highest BCUT2D eigenvalue weighted by Crippen LogP contribution is 2.39. The summed E-state index contributed by atoms with van der Waals surface area (Å²) in [7, 11) is 0. The van der Waals surface area contributed by atoms with Gasteiger partial charge in [0.05, 0.1) is 10.9 Å². The van der Waals surface area contributed by atoms with Crippen molar-refractivity contribution in [2.45, 2.75) is 18.2 Å². The molecule has 0 spiro atoms. The molecule has 0 aliphatic carbocycles. The van der Waals surface area contributed by atoms with Crippen molar-refractivity contribution in [3.8, 4) is 11.3 Å². The second-order valence-electron chi connectivity index (χ2n) is 5.42. The maximum Gasteiger partial charge on any atom is 0.107 e. The fourth-order valence-corrected chi connectivity index (χ4v) is 6.67. The highest BCUT2D eigenvalue weighted by atomic mass is 32.2. The minimum atomic E-state index is 0.601. The Bertz CT molecular complexity index is 632. The number of hydrogen-bond acceptors (Lipinski definition) is 5. The predicted molar refractivity (Wildman–Crippen MR) is 95.5 cm³/mol. The quantitative estimate of drug-likeness (QED) is 0.898. The molecule has 21 heavy (non-hydrogen) atoms. The number of rotatable bonds is 2. The maximum absolute atomic E-state index is 4.92. The molecule has 2 aliphatic rings. The fraction of sp³-hybridized carbons (Fsp3) is 0.438. The summed E-state index contributed by atoms with van der Waals surface area (Å²) in [5, 5.41) is 7.57. The number of thioether (sulfide) groups is 2. The van der Waals surface area contributed by atoms with Crippen LogP contribution >= 0.6 is 34.9 Å². The van der Waals surface area contributed by atoms with Crippen LogP contribution in [0.3, 0.4) is 0 Å². The summed E-state index contributed by atoms with van der Waals surface area (Å²) in [6.07, 6.45) is 1.13. The Labute approximate surface area is 138 Å². The van der Waals surface area contributed by atoms with E-state index < -0.39 is 0 Å². The molecule has 0 radical (unpaired) electrons. The topological polar surface area (TPSA) is 24.9 Å². The first-order chi connectivity index (χ1) is 10.4. The molecule has 1 fully saturated rings. The summed E-state index contributed by atoms with van der Waals surface area (Å²) in [6.45, 7) is 2.10.